The summed E-state index contributed by atoms with van der Waals surface area (Å²) in [5.74, 6) is 0.410. The minimum Gasteiger partial charge on any atom is -0.465 e. The molecule has 0 unspecified atom stereocenters. The van der Waals surface area contributed by atoms with Crippen LogP contribution in [0.25, 0.3) is 0 Å². The van der Waals surface area contributed by atoms with Gasteiger partial charge in [-0.2, -0.15) is 4.37 Å². The fourth-order valence-corrected chi connectivity index (χ4v) is 1.90. The van der Waals surface area contributed by atoms with Crippen molar-refractivity contribution in [2.75, 3.05) is 18.2 Å². The second-order valence-electron chi connectivity index (χ2n) is 3.42. The molecule has 2 rings (SSSR count). The van der Waals surface area contributed by atoms with Crippen LogP contribution in [0.2, 0.25) is 0 Å². The summed E-state index contributed by atoms with van der Waals surface area (Å²) in [5.41, 5.74) is 6.33. The van der Waals surface area contributed by atoms with E-state index in [1.165, 1.54) is 30.9 Å². The zero-order chi connectivity index (χ0) is 13.1. The van der Waals surface area contributed by atoms with Crippen molar-refractivity contribution >= 4 is 34.1 Å². The minimum atomic E-state index is -0.493. The number of nitrogen functional groups attached to an aromatic ring is 1. The fraction of sp³-hybridized carbons (Fsp3) is 0.200. The molecular formula is C10H11N5O2S. The molecule has 0 aliphatic heterocycles. The predicted octanol–water partition coefficient (Wildman–Crippen LogP) is 1.35. The highest BCUT2D eigenvalue weighted by atomic mass is 32.1. The first-order valence-corrected chi connectivity index (χ1v) is 5.78. The molecule has 7 nitrogen and oxygen atoms in total. The third-order valence-electron chi connectivity index (χ3n) is 2.10. The number of nitrogens with zero attached hydrogens (tertiary/aromatic N) is 3. The number of carbonyl (C=O) groups is 1. The molecule has 0 aromatic carbocycles. The van der Waals surface area contributed by atoms with E-state index in [4.69, 9.17) is 5.73 Å². The van der Waals surface area contributed by atoms with Crippen LogP contribution in [0.1, 0.15) is 16.2 Å². The number of methoxy groups -OCH3 is 1. The van der Waals surface area contributed by atoms with Gasteiger partial charge in [-0.3, -0.25) is 0 Å². The Labute approximate surface area is 107 Å². The smallest absolute Gasteiger partial charge is 0.340 e. The van der Waals surface area contributed by atoms with Crippen molar-refractivity contribution in [1.29, 1.82) is 0 Å². The van der Waals surface area contributed by atoms with Gasteiger partial charge < -0.3 is 15.8 Å². The highest BCUT2D eigenvalue weighted by Crippen LogP contribution is 2.23. The zero-order valence-electron chi connectivity index (χ0n) is 9.80. The number of rotatable bonds is 3. The van der Waals surface area contributed by atoms with Gasteiger partial charge in [0, 0.05) is 11.5 Å². The van der Waals surface area contributed by atoms with E-state index in [1.807, 2.05) is 0 Å². The average Bonchev–Trinajstić information content (AvgIpc) is 2.76. The van der Waals surface area contributed by atoms with Crippen LogP contribution >= 0.6 is 11.5 Å². The molecule has 94 valence electrons. The number of esters is 1. The highest BCUT2D eigenvalue weighted by molar-refractivity contribution is 7.09. The molecule has 0 saturated heterocycles. The van der Waals surface area contributed by atoms with Gasteiger partial charge in [0.1, 0.15) is 11.6 Å². The lowest BCUT2D eigenvalue weighted by Gasteiger charge is -2.08. The summed E-state index contributed by atoms with van der Waals surface area (Å²) in [4.78, 5) is 19.7. The molecule has 0 spiro atoms. The molecule has 0 fully saturated rings. The van der Waals surface area contributed by atoms with Gasteiger partial charge in [-0.1, -0.05) is 0 Å². The Hall–Kier alpha value is -2.22. The monoisotopic (exact) mass is 265 g/mol. The molecule has 0 aliphatic carbocycles. The summed E-state index contributed by atoms with van der Waals surface area (Å²) < 4.78 is 8.71. The number of anilines is 3. The van der Waals surface area contributed by atoms with Crippen LogP contribution in [0.3, 0.4) is 0 Å². The number of aromatic nitrogens is 3. The number of aryl methyl sites for hydroxylation is 1. The van der Waals surface area contributed by atoms with Crippen molar-refractivity contribution in [3.8, 4) is 0 Å². The van der Waals surface area contributed by atoms with Crippen molar-refractivity contribution in [1.82, 2.24) is 14.3 Å². The molecule has 0 saturated carbocycles. The number of hydrogen-bond acceptors (Lipinski definition) is 8. The maximum atomic E-state index is 11.6. The van der Waals surface area contributed by atoms with Crippen molar-refractivity contribution in [2.24, 2.45) is 0 Å². The Bertz CT molecular complexity index is 583. The lowest BCUT2D eigenvalue weighted by atomic mass is 10.2. The third-order valence-corrected chi connectivity index (χ3v) is 2.82. The van der Waals surface area contributed by atoms with E-state index in [0.29, 0.717) is 22.2 Å². The van der Waals surface area contributed by atoms with Gasteiger partial charge in [0.05, 0.1) is 24.6 Å². The summed E-state index contributed by atoms with van der Waals surface area (Å²) in [6.45, 7) is 1.78. The van der Waals surface area contributed by atoms with Crippen LogP contribution in [0.5, 0.6) is 0 Å². The summed E-state index contributed by atoms with van der Waals surface area (Å²) in [7, 11) is 1.30. The standard InChI is InChI=1S/C10H11N5O2S/c1-5-13-10(18-15-5)14-7-4-12-8(11)3-6(7)9(16)17-2/h3-4H,1-2H3,(H2,11,12)(H,13,14,15). The molecule has 2 aromatic rings. The van der Waals surface area contributed by atoms with E-state index in [9.17, 15) is 4.79 Å². The van der Waals surface area contributed by atoms with Gasteiger partial charge >= 0.3 is 5.97 Å². The number of nitrogens with two attached hydrogens (primary N) is 1. The molecular weight excluding hydrogens is 254 g/mol. The van der Waals surface area contributed by atoms with Gasteiger partial charge in [0.15, 0.2) is 0 Å². The normalized spacial score (nSPS) is 10.1. The van der Waals surface area contributed by atoms with Crippen molar-refractivity contribution < 1.29 is 9.53 Å². The van der Waals surface area contributed by atoms with Gasteiger partial charge in [0.2, 0.25) is 5.13 Å². The number of carbonyl (C=O) groups excluding carboxylic acids is 1. The van der Waals surface area contributed by atoms with Crippen LogP contribution in [-0.2, 0) is 4.74 Å². The largest absolute Gasteiger partial charge is 0.465 e. The van der Waals surface area contributed by atoms with E-state index in [-0.39, 0.29) is 5.82 Å². The second-order valence-corrected chi connectivity index (χ2v) is 4.17. The van der Waals surface area contributed by atoms with E-state index >= 15 is 0 Å². The van der Waals surface area contributed by atoms with Crippen LogP contribution in [0.15, 0.2) is 12.3 Å². The molecule has 2 heterocycles. The number of hydrogen-bond donors (Lipinski definition) is 2. The SMILES string of the molecule is COC(=O)c1cc(N)ncc1Nc1nc(C)ns1. The Morgan fingerprint density at radius 3 is 2.94 bits per heavy atom. The van der Waals surface area contributed by atoms with Crippen LogP contribution < -0.4 is 11.1 Å². The topological polar surface area (TPSA) is 103 Å². The average molecular weight is 265 g/mol. The fourth-order valence-electron chi connectivity index (χ4n) is 1.31. The van der Waals surface area contributed by atoms with E-state index < -0.39 is 5.97 Å². The Kier molecular flexibility index (Phi) is 3.38. The van der Waals surface area contributed by atoms with Crippen molar-refractivity contribution in [3.63, 3.8) is 0 Å². The number of pyridine rings is 1. The van der Waals surface area contributed by atoms with Gasteiger partial charge in [-0.05, 0) is 13.0 Å². The first-order chi connectivity index (χ1) is 8.60. The van der Waals surface area contributed by atoms with Crippen molar-refractivity contribution in [2.45, 2.75) is 6.92 Å². The van der Waals surface area contributed by atoms with E-state index in [2.05, 4.69) is 24.4 Å². The molecule has 8 heteroatoms. The molecule has 0 amide bonds. The summed E-state index contributed by atoms with van der Waals surface area (Å²) in [6, 6.07) is 1.45. The third kappa shape index (κ3) is 2.54. The van der Waals surface area contributed by atoms with Crippen LogP contribution in [0.4, 0.5) is 16.6 Å². The lowest BCUT2D eigenvalue weighted by molar-refractivity contribution is 0.0602. The molecule has 0 atom stereocenters. The molecule has 18 heavy (non-hydrogen) atoms. The minimum absolute atomic E-state index is 0.245. The Morgan fingerprint density at radius 1 is 1.56 bits per heavy atom. The number of nitrogens with one attached hydrogen (secondary N) is 1. The molecule has 0 aliphatic rings. The van der Waals surface area contributed by atoms with Crippen LogP contribution in [0, 0.1) is 6.92 Å². The highest BCUT2D eigenvalue weighted by Gasteiger charge is 2.14. The summed E-state index contributed by atoms with van der Waals surface area (Å²) in [6.07, 6.45) is 1.46. The number of ether oxygens (including phenoxy) is 1. The van der Waals surface area contributed by atoms with Gasteiger partial charge in [-0.25, -0.2) is 14.8 Å². The van der Waals surface area contributed by atoms with Crippen LogP contribution in [-0.4, -0.2) is 27.4 Å². The first-order valence-electron chi connectivity index (χ1n) is 5.01. The molecule has 3 N–H and O–H groups in total. The van der Waals surface area contributed by atoms with E-state index in [0.717, 1.165) is 0 Å². The van der Waals surface area contributed by atoms with Gasteiger partial charge in [-0.15, -0.1) is 0 Å². The quantitative estimate of drug-likeness (QED) is 0.807. The first kappa shape index (κ1) is 12.2. The molecule has 0 bridgehead atoms. The Balaban J connectivity index is 2.35. The maximum Gasteiger partial charge on any atom is 0.340 e. The van der Waals surface area contributed by atoms with Gasteiger partial charge in [0.25, 0.3) is 0 Å². The lowest BCUT2D eigenvalue weighted by Crippen LogP contribution is -2.07. The van der Waals surface area contributed by atoms with Crippen molar-refractivity contribution in [3.05, 3.63) is 23.7 Å². The predicted molar refractivity (Wildman–Crippen MR) is 67.9 cm³/mol. The summed E-state index contributed by atoms with van der Waals surface area (Å²) in [5, 5.41) is 3.54. The molecule has 0 radical (unpaired) electrons. The second kappa shape index (κ2) is 4.96. The van der Waals surface area contributed by atoms with E-state index in [1.54, 1.807) is 6.92 Å². The molecule has 2 aromatic heterocycles. The Morgan fingerprint density at radius 2 is 2.33 bits per heavy atom. The summed E-state index contributed by atoms with van der Waals surface area (Å²) >= 11 is 1.19. The maximum absolute atomic E-state index is 11.6. The zero-order valence-corrected chi connectivity index (χ0v) is 10.6.